The van der Waals surface area contributed by atoms with E-state index in [1.165, 1.54) is 5.56 Å². The summed E-state index contributed by atoms with van der Waals surface area (Å²) >= 11 is 0. The van der Waals surface area contributed by atoms with Crippen LogP contribution in [0.2, 0.25) is 0 Å². The molecule has 2 aliphatic heterocycles. The van der Waals surface area contributed by atoms with Gasteiger partial charge in [-0.3, -0.25) is 4.79 Å². The maximum atomic E-state index is 13.3. The molecule has 5 rings (SSSR count). The van der Waals surface area contributed by atoms with Gasteiger partial charge in [0.15, 0.2) is 11.5 Å². The molecule has 2 aliphatic rings. The highest BCUT2D eigenvalue weighted by molar-refractivity contribution is 5.79. The van der Waals surface area contributed by atoms with Crippen LogP contribution in [0, 0.1) is 5.92 Å². The van der Waals surface area contributed by atoms with Crippen molar-refractivity contribution in [2.75, 3.05) is 38.8 Å². The van der Waals surface area contributed by atoms with Crippen molar-refractivity contribution in [3.63, 3.8) is 0 Å². The summed E-state index contributed by atoms with van der Waals surface area (Å²) in [6.07, 6.45) is 8.05. The second kappa shape index (κ2) is 9.13. The summed E-state index contributed by atoms with van der Waals surface area (Å²) in [7, 11) is 3.29. The lowest BCUT2D eigenvalue weighted by atomic mass is 9.92. The first kappa shape index (κ1) is 21.3. The minimum atomic E-state index is 0.0497. The average Bonchev–Trinajstić information content (AvgIpc) is 3.42. The fraction of sp³-hybridized carbons (Fsp3) is 0.400. The highest BCUT2D eigenvalue weighted by atomic mass is 16.5. The lowest BCUT2D eigenvalue weighted by molar-refractivity contribution is -0.137. The van der Waals surface area contributed by atoms with Crippen molar-refractivity contribution in [3.05, 3.63) is 60.2 Å². The number of nitrogens with zero attached hydrogens (tertiary/aromatic N) is 5. The Morgan fingerprint density at radius 2 is 1.58 bits per heavy atom. The van der Waals surface area contributed by atoms with Gasteiger partial charge >= 0.3 is 0 Å². The van der Waals surface area contributed by atoms with Crippen molar-refractivity contribution in [2.24, 2.45) is 5.92 Å². The summed E-state index contributed by atoms with van der Waals surface area (Å²) < 4.78 is 12.9. The predicted molar refractivity (Wildman–Crippen MR) is 125 cm³/mol. The molecule has 172 valence electrons. The smallest absolute Gasteiger partial charge is 0.226 e. The van der Waals surface area contributed by atoms with Crippen molar-refractivity contribution in [1.29, 1.82) is 0 Å². The van der Waals surface area contributed by atoms with E-state index in [0.29, 0.717) is 12.3 Å². The molecule has 8 heteroatoms. The van der Waals surface area contributed by atoms with Gasteiger partial charge in [0, 0.05) is 50.6 Å². The molecule has 1 fully saturated rings. The van der Waals surface area contributed by atoms with Gasteiger partial charge < -0.3 is 23.8 Å². The molecule has 0 N–H and O–H groups in total. The molecule has 0 aliphatic carbocycles. The first-order chi connectivity index (χ1) is 16.2. The number of fused-ring (bicyclic) bond motifs is 1. The minimum absolute atomic E-state index is 0.0497. The van der Waals surface area contributed by atoms with Gasteiger partial charge in [0.25, 0.3) is 0 Å². The summed E-state index contributed by atoms with van der Waals surface area (Å²) in [6.45, 7) is 3.00. The topological polar surface area (TPSA) is 72.7 Å². The van der Waals surface area contributed by atoms with E-state index in [9.17, 15) is 4.79 Å². The number of carbonyl (C=O) groups is 1. The van der Waals surface area contributed by atoms with Crippen LogP contribution in [0.25, 0.3) is 5.82 Å². The van der Waals surface area contributed by atoms with Crippen molar-refractivity contribution in [3.8, 4) is 17.3 Å². The molecule has 2 aromatic heterocycles. The number of rotatable bonds is 5. The van der Waals surface area contributed by atoms with Gasteiger partial charge in [-0.15, -0.1) is 0 Å². The molecule has 0 atom stereocenters. The van der Waals surface area contributed by atoms with Crippen LogP contribution in [-0.2, 0) is 17.8 Å². The minimum Gasteiger partial charge on any atom is -0.493 e. The standard InChI is InChI=1S/C25H29N5O3/c1-32-21-13-19-7-12-30(16-20(19)14-22(21)33-2)25(31)18-5-10-29(11-6-18)24-15-23(26-17-27-24)28-8-3-4-9-28/h3-4,8-9,13-15,17-18H,5-7,10-12,16H2,1-2H3. The van der Waals surface area contributed by atoms with Crippen LogP contribution in [0.3, 0.4) is 0 Å². The molecular weight excluding hydrogens is 418 g/mol. The number of amides is 1. The molecule has 1 amide bonds. The monoisotopic (exact) mass is 447 g/mol. The van der Waals surface area contributed by atoms with Crippen LogP contribution in [0.4, 0.5) is 5.82 Å². The molecule has 8 nitrogen and oxygen atoms in total. The third-order valence-electron chi connectivity index (χ3n) is 6.71. The van der Waals surface area contributed by atoms with E-state index < -0.39 is 0 Å². The largest absolute Gasteiger partial charge is 0.493 e. The zero-order chi connectivity index (χ0) is 22.8. The van der Waals surface area contributed by atoms with Crippen molar-refractivity contribution in [1.82, 2.24) is 19.4 Å². The van der Waals surface area contributed by atoms with Crippen molar-refractivity contribution in [2.45, 2.75) is 25.8 Å². The van der Waals surface area contributed by atoms with Crippen LogP contribution in [0.15, 0.2) is 49.1 Å². The molecule has 0 unspecified atom stereocenters. The fourth-order valence-corrected chi connectivity index (χ4v) is 4.82. The van der Waals surface area contributed by atoms with E-state index >= 15 is 0 Å². The molecule has 0 spiro atoms. The molecule has 4 heterocycles. The van der Waals surface area contributed by atoms with Crippen molar-refractivity contribution >= 4 is 11.7 Å². The Morgan fingerprint density at radius 1 is 0.909 bits per heavy atom. The first-order valence-electron chi connectivity index (χ1n) is 11.4. The molecule has 1 saturated heterocycles. The molecule has 1 aromatic carbocycles. The summed E-state index contributed by atoms with van der Waals surface area (Å²) in [5.41, 5.74) is 2.37. The van der Waals surface area contributed by atoms with E-state index in [0.717, 1.165) is 61.8 Å². The van der Waals surface area contributed by atoms with E-state index in [-0.39, 0.29) is 11.8 Å². The van der Waals surface area contributed by atoms with Gasteiger partial charge in [0.05, 0.1) is 14.2 Å². The van der Waals surface area contributed by atoms with E-state index in [4.69, 9.17) is 9.47 Å². The number of aromatic nitrogens is 3. The number of hydrogen-bond donors (Lipinski definition) is 0. The normalized spacial score (nSPS) is 16.4. The third-order valence-corrected chi connectivity index (χ3v) is 6.71. The van der Waals surface area contributed by atoms with Gasteiger partial charge in [0.2, 0.25) is 5.91 Å². The number of ether oxygens (including phenoxy) is 2. The third kappa shape index (κ3) is 4.25. The summed E-state index contributed by atoms with van der Waals surface area (Å²) in [5, 5.41) is 0. The zero-order valence-electron chi connectivity index (χ0n) is 19.1. The second-order valence-electron chi connectivity index (χ2n) is 8.57. The maximum Gasteiger partial charge on any atom is 0.226 e. The molecule has 33 heavy (non-hydrogen) atoms. The van der Waals surface area contributed by atoms with Crippen molar-refractivity contribution < 1.29 is 14.3 Å². The maximum absolute atomic E-state index is 13.3. The Kier molecular flexibility index (Phi) is 5.90. The van der Waals surface area contributed by atoms with Gasteiger partial charge in [-0.2, -0.15) is 0 Å². The Hall–Kier alpha value is -3.55. The van der Waals surface area contributed by atoms with Gasteiger partial charge in [-0.05, 0) is 54.7 Å². The average molecular weight is 448 g/mol. The Bertz CT molecular complexity index is 1120. The Balaban J connectivity index is 1.22. The second-order valence-corrected chi connectivity index (χ2v) is 8.57. The lowest BCUT2D eigenvalue weighted by Gasteiger charge is -2.36. The van der Waals surface area contributed by atoms with E-state index in [2.05, 4.69) is 14.9 Å². The molecule has 0 saturated carbocycles. The summed E-state index contributed by atoms with van der Waals surface area (Å²) in [5.74, 6) is 3.52. The highest BCUT2D eigenvalue weighted by Gasteiger charge is 2.31. The van der Waals surface area contributed by atoms with Gasteiger partial charge in [-0.25, -0.2) is 9.97 Å². The first-order valence-corrected chi connectivity index (χ1v) is 11.4. The highest BCUT2D eigenvalue weighted by Crippen LogP contribution is 2.34. The van der Waals surface area contributed by atoms with Crippen LogP contribution in [0.1, 0.15) is 24.0 Å². The lowest BCUT2D eigenvalue weighted by Crippen LogP contribution is -2.44. The number of benzene rings is 1. The fourth-order valence-electron chi connectivity index (χ4n) is 4.82. The zero-order valence-corrected chi connectivity index (χ0v) is 19.1. The quantitative estimate of drug-likeness (QED) is 0.599. The van der Waals surface area contributed by atoms with E-state index in [1.54, 1.807) is 20.5 Å². The number of piperidine rings is 1. The van der Waals surface area contributed by atoms with Gasteiger partial charge in [-0.1, -0.05) is 0 Å². The van der Waals surface area contributed by atoms with E-state index in [1.807, 2.05) is 52.2 Å². The number of anilines is 1. The molecular formula is C25H29N5O3. The summed E-state index contributed by atoms with van der Waals surface area (Å²) in [6, 6.07) is 10.0. The summed E-state index contributed by atoms with van der Waals surface area (Å²) in [4.78, 5) is 26.4. The SMILES string of the molecule is COc1cc2c(cc1OC)CN(C(=O)C1CCN(c3cc(-n4cccc4)ncn3)CC1)CC2. The Morgan fingerprint density at radius 3 is 2.27 bits per heavy atom. The van der Waals surface area contributed by atoms with Crippen LogP contribution in [-0.4, -0.2) is 59.2 Å². The van der Waals surface area contributed by atoms with Crippen LogP contribution >= 0.6 is 0 Å². The number of methoxy groups -OCH3 is 2. The van der Waals surface area contributed by atoms with Crippen LogP contribution < -0.4 is 14.4 Å². The van der Waals surface area contributed by atoms with Gasteiger partial charge in [0.1, 0.15) is 18.0 Å². The number of carbonyl (C=O) groups excluding carboxylic acids is 1. The molecule has 3 aromatic rings. The predicted octanol–water partition coefficient (Wildman–Crippen LogP) is 3.09. The number of hydrogen-bond acceptors (Lipinski definition) is 6. The van der Waals surface area contributed by atoms with Crippen LogP contribution in [0.5, 0.6) is 11.5 Å². The molecule has 0 bridgehead atoms. The Labute approximate surface area is 193 Å². The molecule has 0 radical (unpaired) electrons.